The van der Waals surface area contributed by atoms with Crippen LogP contribution in [0.1, 0.15) is 6.42 Å². The lowest BCUT2D eigenvalue weighted by Crippen LogP contribution is -2.27. The topological polar surface area (TPSA) is 30.5 Å². The van der Waals surface area contributed by atoms with Gasteiger partial charge in [-0.2, -0.15) is 0 Å². The Kier molecular flexibility index (Phi) is 1.88. The molecule has 10 heavy (non-hydrogen) atoms. The largest absolute Gasteiger partial charge is 0.374 e. The molecular formula is C7H13NO2. The third-order valence-electron chi connectivity index (χ3n) is 2.06. The summed E-state index contributed by atoms with van der Waals surface area (Å²) >= 11 is 0. The molecule has 58 valence electrons. The van der Waals surface area contributed by atoms with Gasteiger partial charge in [-0.3, -0.25) is 0 Å². The van der Waals surface area contributed by atoms with Crippen molar-refractivity contribution in [1.82, 2.24) is 5.32 Å². The van der Waals surface area contributed by atoms with Gasteiger partial charge in [0.05, 0.1) is 12.2 Å². The van der Waals surface area contributed by atoms with Crippen LogP contribution in [0.25, 0.3) is 0 Å². The third kappa shape index (κ3) is 1.17. The van der Waals surface area contributed by atoms with Gasteiger partial charge in [-0.15, -0.1) is 0 Å². The number of fused-ring (bicyclic) bond motifs is 1. The van der Waals surface area contributed by atoms with Crippen LogP contribution < -0.4 is 5.32 Å². The van der Waals surface area contributed by atoms with Gasteiger partial charge in [0.25, 0.3) is 0 Å². The zero-order valence-corrected chi connectivity index (χ0v) is 6.01. The van der Waals surface area contributed by atoms with E-state index in [-0.39, 0.29) is 0 Å². The maximum Gasteiger partial charge on any atom is 0.0973 e. The summed E-state index contributed by atoms with van der Waals surface area (Å²) in [7, 11) is 0. The number of hydrogen-bond acceptors (Lipinski definition) is 3. The molecule has 0 aromatic heterocycles. The van der Waals surface area contributed by atoms with Crippen LogP contribution in [0.4, 0.5) is 0 Å². The molecule has 0 radical (unpaired) electrons. The highest BCUT2D eigenvalue weighted by Crippen LogP contribution is 2.12. The average Bonchev–Trinajstić information content (AvgIpc) is 2.28. The molecule has 0 saturated carbocycles. The van der Waals surface area contributed by atoms with Crippen molar-refractivity contribution in [1.29, 1.82) is 0 Å². The minimum absolute atomic E-state index is 0.322. The van der Waals surface area contributed by atoms with Crippen molar-refractivity contribution in [3.63, 3.8) is 0 Å². The Morgan fingerprint density at radius 3 is 2.20 bits per heavy atom. The fraction of sp³-hybridized carbons (Fsp3) is 1.00. The summed E-state index contributed by atoms with van der Waals surface area (Å²) < 4.78 is 11.1. The van der Waals surface area contributed by atoms with Crippen LogP contribution in [0.3, 0.4) is 0 Å². The number of hydrogen-bond donors (Lipinski definition) is 1. The molecule has 3 nitrogen and oxygen atoms in total. The van der Waals surface area contributed by atoms with Crippen molar-refractivity contribution in [2.75, 3.05) is 26.3 Å². The Bertz CT molecular complexity index is 106. The first-order valence-electron chi connectivity index (χ1n) is 3.91. The van der Waals surface area contributed by atoms with E-state index >= 15 is 0 Å². The lowest BCUT2D eigenvalue weighted by atomic mass is 10.3. The van der Waals surface area contributed by atoms with Crippen LogP contribution in [-0.4, -0.2) is 38.5 Å². The maximum atomic E-state index is 5.54. The Labute approximate surface area is 60.7 Å². The molecule has 0 aliphatic carbocycles. The van der Waals surface area contributed by atoms with E-state index in [1.807, 2.05) is 0 Å². The lowest BCUT2D eigenvalue weighted by Gasteiger charge is -2.13. The zero-order valence-electron chi connectivity index (χ0n) is 6.01. The van der Waals surface area contributed by atoms with Gasteiger partial charge in [0.1, 0.15) is 0 Å². The van der Waals surface area contributed by atoms with E-state index in [1.165, 1.54) is 0 Å². The van der Waals surface area contributed by atoms with Crippen molar-refractivity contribution in [2.45, 2.75) is 18.6 Å². The Hall–Kier alpha value is -0.120. The van der Waals surface area contributed by atoms with E-state index in [2.05, 4.69) is 5.32 Å². The van der Waals surface area contributed by atoms with Gasteiger partial charge in [0, 0.05) is 26.3 Å². The molecule has 2 saturated heterocycles. The molecule has 2 aliphatic rings. The molecule has 2 fully saturated rings. The second-order valence-corrected chi connectivity index (χ2v) is 2.83. The van der Waals surface area contributed by atoms with Crippen molar-refractivity contribution in [3.8, 4) is 0 Å². The molecule has 0 aromatic rings. The lowest BCUT2D eigenvalue weighted by molar-refractivity contribution is -0.00461. The van der Waals surface area contributed by atoms with E-state index < -0.39 is 0 Å². The molecule has 3 heteroatoms. The average molecular weight is 143 g/mol. The molecular weight excluding hydrogens is 130 g/mol. The highest BCUT2D eigenvalue weighted by atomic mass is 16.6. The van der Waals surface area contributed by atoms with Crippen molar-refractivity contribution < 1.29 is 9.47 Å². The molecule has 1 N–H and O–H groups in total. The molecule has 0 bridgehead atoms. The quantitative estimate of drug-likeness (QED) is 0.508. The van der Waals surface area contributed by atoms with Gasteiger partial charge >= 0.3 is 0 Å². The summed E-state index contributed by atoms with van der Waals surface area (Å²) in [5.41, 5.74) is 0. The monoisotopic (exact) mass is 143 g/mol. The van der Waals surface area contributed by atoms with Crippen LogP contribution in [0.2, 0.25) is 0 Å². The first-order valence-corrected chi connectivity index (χ1v) is 3.91. The van der Waals surface area contributed by atoms with Crippen LogP contribution in [-0.2, 0) is 9.47 Å². The summed E-state index contributed by atoms with van der Waals surface area (Å²) in [4.78, 5) is 0. The number of ether oxygens (including phenoxy) is 2. The van der Waals surface area contributed by atoms with Crippen LogP contribution in [0.15, 0.2) is 0 Å². The van der Waals surface area contributed by atoms with Gasteiger partial charge < -0.3 is 14.8 Å². The van der Waals surface area contributed by atoms with E-state index in [0.29, 0.717) is 12.2 Å². The normalized spacial score (nSPS) is 40.8. The van der Waals surface area contributed by atoms with Gasteiger partial charge in [-0.1, -0.05) is 0 Å². The van der Waals surface area contributed by atoms with Gasteiger partial charge in [-0.05, 0) is 6.42 Å². The highest BCUT2D eigenvalue weighted by Gasteiger charge is 2.29. The fourth-order valence-corrected chi connectivity index (χ4v) is 1.49. The standard InChI is InChI=1S/C7H13NO2/c1-2-9-6-4-8-5-7(6)10-3-1/h6-8H,1-5H2/t6-,7-/m1/s1. The Morgan fingerprint density at radius 1 is 1.00 bits per heavy atom. The predicted octanol–water partition coefficient (Wildman–Crippen LogP) is -0.236. The number of rotatable bonds is 0. The smallest absolute Gasteiger partial charge is 0.0973 e. The summed E-state index contributed by atoms with van der Waals surface area (Å²) in [6.07, 6.45) is 1.69. The van der Waals surface area contributed by atoms with Gasteiger partial charge in [0.2, 0.25) is 0 Å². The molecule has 0 aromatic carbocycles. The first kappa shape index (κ1) is 6.58. The minimum atomic E-state index is 0.322. The minimum Gasteiger partial charge on any atom is -0.374 e. The molecule has 0 amide bonds. The second kappa shape index (κ2) is 2.86. The van der Waals surface area contributed by atoms with Crippen molar-refractivity contribution in [3.05, 3.63) is 0 Å². The summed E-state index contributed by atoms with van der Waals surface area (Å²) in [6, 6.07) is 0. The third-order valence-corrected chi connectivity index (χ3v) is 2.06. The molecule has 0 spiro atoms. The number of nitrogens with one attached hydrogen (secondary N) is 1. The van der Waals surface area contributed by atoms with E-state index in [0.717, 1.165) is 32.7 Å². The van der Waals surface area contributed by atoms with E-state index in [9.17, 15) is 0 Å². The Balaban J connectivity index is 1.95. The predicted molar refractivity (Wildman–Crippen MR) is 37.0 cm³/mol. The first-order chi connectivity index (χ1) is 4.97. The summed E-state index contributed by atoms with van der Waals surface area (Å²) in [5, 5.41) is 3.24. The summed E-state index contributed by atoms with van der Waals surface area (Å²) in [6.45, 7) is 3.65. The SMILES string of the molecule is C1CO[C@@H]2CNC[C@H]2OC1. The molecule has 0 unspecified atom stereocenters. The zero-order chi connectivity index (χ0) is 6.81. The Morgan fingerprint density at radius 2 is 1.60 bits per heavy atom. The van der Waals surface area contributed by atoms with Gasteiger partial charge in [0.15, 0.2) is 0 Å². The van der Waals surface area contributed by atoms with Crippen molar-refractivity contribution in [2.24, 2.45) is 0 Å². The molecule has 2 atom stereocenters. The molecule has 2 rings (SSSR count). The second-order valence-electron chi connectivity index (χ2n) is 2.83. The summed E-state index contributed by atoms with van der Waals surface area (Å²) in [5.74, 6) is 0. The van der Waals surface area contributed by atoms with E-state index in [4.69, 9.17) is 9.47 Å². The van der Waals surface area contributed by atoms with Crippen LogP contribution >= 0.6 is 0 Å². The van der Waals surface area contributed by atoms with Crippen LogP contribution in [0.5, 0.6) is 0 Å². The van der Waals surface area contributed by atoms with Gasteiger partial charge in [-0.25, -0.2) is 0 Å². The fourth-order valence-electron chi connectivity index (χ4n) is 1.49. The van der Waals surface area contributed by atoms with E-state index in [1.54, 1.807) is 0 Å². The maximum absolute atomic E-state index is 5.54. The van der Waals surface area contributed by atoms with Crippen LogP contribution in [0, 0.1) is 0 Å². The molecule has 2 aliphatic heterocycles. The van der Waals surface area contributed by atoms with Crippen molar-refractivity contribution >= 4 is 0 Å². The molecule has 2 heterocycles. The highest BCUT2D eigenvalue weighted by molar-refractivity contribution is 4.83.